The second-order valence-corrected chi connectivity index (χ2v) is 5.98. The molecule has 0 radical (unpaired) electrons. The lowest BCUT2D eigenvalue weighted by molar-refractivity contribution is 0.388. The Labute approximate surface area is 148 Å². The number of rotatable bonds is 7. The predicted octanol–water partition coefficient (Wildman–Crippen LogP) is 3.92. The van der Waals surface area contributed by atoms with E-state index in [-0.39, 0.29) is 6.04 Å². The Morgan fingerprint density at radius 1 is 1.12 bits per heavy atom. The van der Waals surface area contributed by atoms with Gasteiger partial charge in [0.2, 0.25) is 0 Å². The number of imidazole rings is 1. The maximum Gasteiger partial charge on any atom is 0.127 e. The van der Waals surface area contributed by atoms with E-state index in [2.05, 4.69) is 41.9 Å². The number of benzene rings is 2. The van der Waals surface area contributed by atoms with Crippen LogP contribution in [0.5, 0.6) is 11.5 Å². The number of hydrogen-bond donors (Lipinski definition) is 1. The second-order valence-electron chi connectivity index (χ2n) is 5.98. The summed E-state index contributed by atoms with van der Waals surface area (Å²) in [6, 6.07) is 14.3. The van der Waals surface area contributed by atoms with Gasteiger partial charge in [-0.2, -0.15) is 0 Å². The summed E-state index contributed by atoms with van der Waals surface area (Å²) >= 11 is 0. The minimum absolute atomic E-state index is 0.124. The number of para-hydroxylation sites is 2. The SMILES string of the molecule is CCn1c(C(C)NCc2ccc(OC)cc2OC)nc2ccccc21. The molecule has 5 nitrogen and oxygen atoms in total. The summed E-state index contributed by atoms with van der Waals surface area (Å²) in [6.07, 6.45) is 0. The van der Waals surface area contributed by atoms with Crippen molar-refractivity contribution in [2.45, 2.75) is 33.0 Å². The number of ether oxygens (including phenoxy) is 2. The van der Waals surface area contributed by atoms with Gasteiger partial charge >= 0.3 is 0 Å². The van der Waals surface area contributed by atoms with E-state index < -0.39 is 0 Å². The van der Waals surface area contributed by atoms with Crippen molar-refractivity contribution >= 4 is 11.0 Å². The van der Waals surface area contributed by atoms with Crippen LogP contribution in [0.4, 0.5) is 0 Å². The van der Waals surface area contributed by atoms with Gasteiger partial charge in [-0.3, -0.25) is 0 Å². The van der Waals surface area contributed by atoms with Gasteiger partial charge in [0.15, 0.2) is 0 Å². The molecule has 3 aromatic rings. The molecule has 0 amide bonds. The predicted molar refractivity (Wildman–Crippen MR) is 100 cm³/mol. The van der Waals surface area contributed by atoms with Crippen molar-refractivity contribution in [3.8, 4) is 11.5 Å². The van der Waals surface area contributed by atoms with Crippen LogP contribution >= 0.6 is 0 Å². The first-order chi connectivity index (χ1) is 12.2. The topological polar surface area (TPSA) is 48.3 Å². The quantitative estimate of drug-likeness (QED) is 0.709. The van der Waals surface area contributed by atoms with Gasteiger partial charge in [-0.1, -0.05) is 18.2 Å². The van der Waals surface area contributed by atoms with E-state index in [1.54, 1.807) is 14.2 Å². The van der Waals surface area contributed by atoms with Gasteiger partial charge in [0, 0.05) is 24.7 Å². The number of nitrogens with one attached hydrogen (secondary N) is 1. The van der Waals surface area contributed by atoms with Gasteiger partial charge in [0.25, 0.3) is 0 Å². The summed E-state index contributed by atoms with van der Waals surface area (Å²) in [4.78, 5) is 4.81. The maximum atomic E-state index is 5.48. The standard InChI is InChI=1S/C20H25N3O2/c1-5-23-18-9-7-6-8-17(18)22-20(23)14(2)21-13-15-10-11-16(24-3)12-19(15)25-4/h6-12,14,21H,5,13H2,1-4H3. The lowest BCUT2D eigenvalue weighted by Gasteiger charge is -2.17. The largest absolute Gasteiger partial charge is 0.497 e. The minimum Gasteiger partial charge on any atom is -0.497 e. The maximum absolute atomic E-state index is 5.48. The van der Waals surface area contributed by atoms with Crippen LogP contribution in [0.15, 0.2) is 42.5 Å². The van der Waals surface area contributed by atoms with Crippen molar-refractivity contribution in [1.29, 1.82) is 0 Å². The minimum atomic E-state index is 0.124. The second kappa shape index (κ2) is 7.57. The van der Waals surface area contributed by atoms with Crippen LogP contribution in [0.25, 0.3) is 11.0 Å². The Balaban J connectivity index is 1.80. The summed E-state index contributed by atoms with van der Waals surface area (Å²) in [5.41, 5.74) is 3.31. The Morgan fingerprint density at radius 3 is 2.64 bits per heavy atom. The summed E-state index contributed by atoms with van der Waals surface area (Å²) < 4.78 is 13.0. The van der Waals surface area contributed by atoms with Crippen LogP contribution in [0, 0.1) is 0 Å². The summed E-state index contributed by atoms with van der Waals surface area (Å²) in [5, 5.41) is 3.56. The third-order valence-electron chi connectivity index (χ3n) is 4.48. The molecule has 1 unspecified atom stereocenters. The summed E-state index contributed by atoms with van der Waals surface area (Å²) in [6.45, 7) is 5.88. The monoisotopic (exact) mass is 339 g/mol. The van der Waals surface area contributed by atoms with E-state index in [1.165, 1.54) is 5.52 Å². The molecule has 0 aliphatic heterocycles. The average Bonchev–Trinajstić information content (AvgIpc) is 3.04. The lowest BCUT2D eigenvalue weighted by Crippen LogP contribution is -2.22. The van der Waals surface area contributed by atoms with Crippen molar-refractivity contribution in [2.24, 2.45) is 0 Å². The highest BCUT2D eigenvalue weighted by molar-refractivity contribution is 5.76. The van der Waals surface area contributed by atoms with Gasteiger partial charge in [-0.05, 0) is 32.0 Å². The number of hydrogen-bond acceptors (Lipinski definition) is 4. The zero-order chi connectivity index (χ0) is 17.8. The third kappa shape index (κ3) is 3.46. The number of aryl methyl sites for hydroxylation is 1. The molecule has 1 N–H and O–H groups in total. The van der Waals surface area contributed by atoms with Gasteiger partial charge in [-0.15, -0.1) is 0 Å². The normalized spacial score (nSPS) is 12.3. The molecular formula is C20H25N3O2. The molecule has 0 saturated carbocycles. The molecule has 5 heteroatoms. The van der Waals surface area contributed by atoms with Gasteiger partial charge < -0.3 is 19.4 Å². The molecule has 0 aliphatic carbocycles. The van der Waals surface area contributed by atoms with Crippen molar-refractivity contribution in [3.05, 3.63) is 53.9 Å². The van der Waals surface area contributed by atoms with E-state index in [0.717, 1.165) is 34.9 Å². The molecule has 1 atom stereocenters. The molecule has 0 bridgehead atoms. The molecule has 0 spiro atoms. The molecule has 1 aromatic heterocycles. The summed E-state index contributed by atoms with van der Waals surface area (Å²) in [7, 11) is 3.34. The Morgan fingerprint density at radius 2 is 1.92 bits per heavy atom. The van der Waals surface area contributed by atoms with E-state index in [9.17, 15) is 0 Å². The molecule has 132 valence electrons. The van der Waals surface area contributed by atoms with Crippen LogP contribution in [-0.2, 0) is 13.1 Å². The number of methoxy groups -OCH3 is 2. The molecule has 0 fully saturated rings. The van der Waals surface area contributed by atoms with Crippen molar-refractivity contribution in [1.82, 2.24) is 14.9 Å². The van der Waals surface area contributed by atoms with Gasteiger partial charge in [-0.25, -0.2) is 4.98 Å². The first-order valence-corrected chi connectivity index (χ1v) is 8.57. The van der Waals surface area contributed by atoms with Crippen LogP contribution in [-0.4, -0.2) is 23.8 Å². The van der Waals surface area contributed by atoms with Crippen LogP contribution in [0.3, 0.4) is 0 Å². The van der Waals surface area contributed by atoms with Crippen molar-refractivity contribution < 1.29 is 9.47 Å². The molecule has 1 heterocycles. The molecule has 3 rings (SSSR count). The Hall–Kier alpha value is -2.53. The molecule has 2 aromatic carbocycles. The zero-order valence-corrected chi connectivity index (χ0v) is 15.2. The van der Waals surface area contributed by atoms with Crippen LogP contribution in [0.1, 0.15) is 31.3 Å². The zero-order valence-electron chi connectivity index (χ0n) is 15.2. The number of aromatic nitrogens is 2. The highest BCUT2D eigenvalue weighted by Crippen LogP contribution is 2.26. The lowest BCUT2D eigenvalue weighted by atomic mass is 10.1. The van der Waals surface area contributed by atoms with Gasteiger partial charge in [0.05, 0.1) is 31.3 Å². The molecule has 25 heavy (non-hydrogen) atoms. The van der Waals surface area contributed by atoms with E-state index in [1.807, 2.05) is 24.3 Å². The van der Waals surface area contributed by atoms with E-state index in [0.29, 0.717) is 6.54 Å². The van der Waals surface area contributed by atoms with E-state index >= 15 is 0 Å². The summed E-state index contributed by atoms with van der Waals surface area (Å²) in [5.74, 6) is 2.67. The first-order valence-electron chi connectivity index (χ1n) is 8.57. The highest BCUT2D eigenvalue weighted by Gasteiger charge is 2.16. The average molecular weight is 339 g/mol. The van der Waals surface area contributed by atoms with Crippen LogP contribution < -0.4 is 14.8 Å². The smallest absolute Gasteiger partial charge is 0.127 e. The Kier molecular flexibility index (Phi) is 5.24. The van der Waals surface area contributed by atoms with Gasteiger partial charge in [0.1, 0.15) is 17.3 Å². The fraction of sp³-hybridized carbons (Fsp3) is 0.350. The molecule has 0 saturated heterocycles. The molecule has 0 aliphatic rings. The van der Waals surface area contributed by atoms with E-state index in [4.69, 9.17) is 14.5 Å². The molecular weight excluding hydrogens is 314 g/mol. The van der Waals surface area contributed by atoms with Crippen molar-refractivity contribution in [3.63, 3.8) is 0 Å². The fourth-order valence-electron chi connectivity index (χ4n) is 3.11. The number of nitrogens with zero attached hydrogens (tertiary/aromatic N) is 2. The van der Waals surface area contributed by atoms with Crippen molar-refractivity contribution in [2.75, 3.05) is 14.2 Å². The number of fused-ring (bicyclic) bond motifs is 1. The fourth-order valence-corrected chi connectivity index (χ4v) is 3.11. The highest BCUT2D eigenvalue weighted by atomic mass is 16.5. The Bertz CT molecular complexity index is 857. The van der Waals surface area contributed by atoms with Crippen LogP contribution in [0.2, 0.25) is 0 Å². The third-order valence-corrected chi connectivity index (χ3v) is 4.48. The first kappa shape index (κ1) is 17.3.